The Balaban J connectivity index is 2.34. The first-order chi connectivity index (χ1) is 30.5. The van der Waals surface area contributed by atoms with Crippen LogP contribution in [-0.4, -0.2) is 75.2 Å². The van der Waals surface area contributed by atoms with E-state index in [2.05, 4.69) is 37.9 Å². The molecule has 1 atom stereocenters. The summed E-state index contributed by atoms with van der Waals surface area (Å²) in [5, 5.41) is 12.6. The van der Waals surface area contributed by atoms with Gasteiger partial charge in [0.25, 0.3) is 0 Å². The number of hydrogen-bond acceptors (Lipinski definition) is 9. The van der Waals surface area contributed by atoms with Gasteiger partial charge in [-0.25, -0.2) is 4.79 Å². The lowest BCUT2D eigenvalue weighted by Crippen LogP contribution is -2.30. The van der Waals surface area contributed by atoms with Crippen LogP contribution in [-0.2, 0) is 28.5 Å². The molecule has 62 heavy (non-hydrogen) atoms. The predicted molar refractivity (Wildman–Crippen MR) is 258 cm³/mol. The maximum Gasteiger partial charge on any atom is 0.351 e. The van der Waals surface area contributed by atoms with E-state index in [1.54, 1.807) is 0 Å². The van der Waals surface area contributed by atoms with Crippen LogP contribution in [0.1, 0.15) is 252 Å². The fourth-order valence-corrected chi connectivity index (χ4v) is 8.49. The zero-order valence-corrected chi connectivity index (χ0v) is 41.2. The maximum absolute atomic E-state index is 12.9. The van der Waals surface area contributed by atoms with E-state index in [9.17, 15) is 14.9 Å². The van der Waals surface area contributed by atoms with Gasteiger partial charge in [-0.05, 0) is 90.3 Å². The van der Waals surface area contributed by atoms with Crippen molar-refractivity contribution >= 4 is 11.9 Å². The van der Waals surface area contributed by atoms with E-state index in [1.165, 1.54) is 154 Å². The summed E-state index contributed by atoms with van der Waals surface area (Å²) in [4.78, 5) is 27.2. The van der Waals surface area contributed by atoms with Crippen LogP contribution in [0.5, 0.6) is 0 Å². The number of ether oxygens (including phenoxy) is 4. The standard InChI is InChI=1S/C53H99N3O6/c1-5-9-12-15-21-28-36-48(8-4)61-47-59-44-34-27-19-18-25-32-41-56(43-35-40-55-51-46-60-53(58)50(51)45-54)42-33-26-20-24-31-39-52(57)62-49(37-29-22-16-13-10-6-2)38-30-23-17-14-11-7-3/h48-49,55H,5-44,46-47H2,1-4H3. The average Bonchev–Trinajstić information content (AvgIpc) is 3.64. The van der Waals surface area contributed by atoms with Gasteiger partial charge in [0.2, 0.25) is 0 Å². The summed E-state index contributed by atoms with van der Waals surface area (Å²) in [6, 6.07) is 1.98. The van der Waals surface area contributed by atoms with Crippen LogP contribution < -0.4 is 5.32 Å². The Morgan fingerprint density at radius 3 is 1.63 bits per heavy atom. The Kier molecular flexibility index (Phi) is 41.1. The Labute approximate surface area is 383 Å². The molecule has 0 aromatic rings. The Bertz CT molecular complexity index is 1090. The highest BCUT2D eigenvalue weighted by molar-refractivity contribution is 5.95. The van der Waals surface area contributed by atoms with Crippen molar-refractivity contribution in [3.8, 4) is 6.07 Å². The van der Waals surface area contributed by atoms with Gasteiger partial charge in [-0.2, -0.15) is 5.26 Å². The summed E-state index contributed by atoms with van der Waals surface area (Å²) >= 11 is 0. The van der Waals surface area contributed by atoms with E-state index in [4.69, 9.17) is 18.9 Å². The zero-order valence-electron chi connectivity index (χ0n) is 41.2. The van der Waals surface area contributed by atoms with Crippen LogP contribution in [0.4, 0.5) is 0 Å². The predicted octanol–water partition coefficient (Wildman–Crippen LogP) is 14.2. The molecule has 1 aliphatic heterocycles. The van der Waals surface area contributed by atoms with E-state index in [-0.39, 0.29) is 24.3 Å². The Hall–Kier alpha value is -2.15. The minimum absolute atomic E-state index is 0.00955. The number of nitrogens with zero attached hydrogens (tertiary/aromatic N) is 2. The molecule has 0 radical (unpaired) electrons. The van der Waals surface area contributed by atoms with Gasteiger partial charge >= 0.3 is 11.9 Å². The molecule has 0 aromatic heterocycles. The molecular weight excluding hydrogens is 775 g/mol. The molecular formula is C53H99N3O6. The van der Waals surface area contributed by atoms with Gasteiger partial charge in [0, 0.05) is 19.6 Å². The van der Waals surface area contributed by atoms with Gasteiger partial charge in [-0.1, -0.05) is 175 Å². The SMILES string of the molecule is CCCCCCCCC(CC)OCOCCCCCCCCN(CCCCCCCC(=O)OC(CCCCCCCC)CCCCCCCC)CCCNC1=C(C#N)C(=O)OC1. The molecule has 1 aliphatic rings. The number of carbonyl (C=O) groups excluding carboxylic acids is 2. The van der Waals surface area contributed by atoms with Crippen LogP contribution in [0.15, 0.2) is 11.3 Å². The Morgan fingerprint density at radius 2 is 1.10 bits per heavy atom. The number of nitrogens with one attached hydrogen (secondary N) is 1. The average molecular weight is 874 g/mol. The van der Waals surface area contributed by atoms with Crippen molar-refractivity contribution < 1.29 is 28.5 Å². The van der Waals surface area contributed by atoms with Crippen LogP contribution in [0.25, 0.3) is 0 Å². The molecule has 0 amide bonds. The molecule has 9 nitrogen and oxygen atoms in total. The highest BCUT2D eigenvalue weighted by Gasteiger charge is 2.24. The zero-order chi connectivity index (χ0) is 45.0. The molecule has 0 fully saturated rings. The topological polar surface area (TPSA) is 110 Å². The van der Waals surface area contributed by atoms with Gasteiger partial charge in [0.15, 0.2) is 5.57 Å². The molecule has 0 saturated carbocycles. The second-order valence-electron chi connectivity index (χ2n) is 18.3. The molecule has 9 heteroatoms. The lowest BCUT2D eigenvalue weighted by Gasteiger charge is -2.22. The first-order valence-corrected chi connectivity index (χ1v) is 26.6. The van der Waals surface area contributed by atoms with Gasteiger partial charge < -0.3 is 29.2 Å². The largest absolute Gasteiger partial charge is 0.462 e. The van der Waals surface area contributed by atoms with E-state index in [1.807, 2.05) is 6.07 Å². The lowest BCUT2D eigenvalue weighted by molar-refractivity contribution is -0.150. The quantitative estimate of drug-likeness (QED) is 0.0363. The number of nitriles is 1. The van der Waals surface area contributed by atoms with Crippen molar-refractivity contribution in [2.24, 2.45) is 0 Å². The molecule has 362 valence electrons. The van der Waals surface area contributed by atoms with E-state index < -0.39 is 5.97 Å². The summed E-state index contributed by atoms with van der Waals surface area (Å²) in [6.45, 7) is 14.3. The van der Waals surface area contributed by atoms with Crippen LogP contribution in [0.2, 0.25) is 0 Å². The number of carbonyl (C=O) groups is 2. The first kappa shape index (κ1) is 57.9. The third-order valence-electron chi connectivity index (χ3n) is 12.6. The van der Waals surface area contributed by atoms with Crippen molar-refractivity contribution in [3.63, 3.8) is 0 Å². The van der Waals surface area contributed by atoms with Crippen molar-refractivity contribution in [2.75, 3.05) is 46.2 Å². The molecule has 0 saturated heterocycles. The number of rotatable bonds is 48. The van der Waals surface area contributed by atoms with Gasteiger partial charge in [0.05, 0.1) is 11.8 Å². The van der Waals surface area contributed by atoms with Gasteiger partial charge in [-0.3, -0.25) is 4.79 Å². The highest BCUT2D eigenvalue weighted by atomic mass is 16.7. The van der Waals surface area contributed by atoms with Crippen molar-refractivity contribution in [1.29, 1.82) is 5.26 Å². The highest BCUT2D eigenvalue weighted by Crippen LogP contribution is 2.19. The molecule has 1 N–H and O–H groups in total. The second kappa shape index (κ2) is 44.1. The monoisotopic (exact) mass is 874 g/mol. The number of cyclic esters (lactones) is 1. The summed E-state index contributed by atoms with van der Waals surface area (Å²) in [7, 11) is 0. The molecule has 1 heterocycles. The van der Waals surface area contributed by atoms with Crippen molar-refractivity contribution in [2.45, 2.75) is 265 Å². The van der Waals surface area contributed by atoms with Gasteiger partial charge in [0.1, 0.15) is 25.6 Å². The Morgan fingerprint density at radius 1 is 0.629 bits per heavy atom. The molecule has 0 bridgehead atoms. The number of hydrogen-bond donors (Lipinski definition) is 1. The molecule has 0 aromatic carbocycles. The van der Waals surface area contributed by atoms with E-state index in [0.29, 0.717) is 31.6 Å². The first-order valence-electron chi connectivity index (χ1n) is 26.6. The summed E-state index contributed by atoms with van der Waals surface area (Å²) in [6.07, 6.45) is 42.1. The maximum atomic E-state index is 12.9. The normalized spacial score (nSPS) is 13.3. The van der Waals surface area contributed by atoms with E-state index in [0.717, 1.165) is 90.4 Å². The lowest BCUT2D eigenvalue weighted by atomic mass is 10.0. The van der Waals surface area contributed by atoms with Crippen LogP contribution in [0, 0.1) is 11.3 Å². The number of unbranched alkanes of at least 4 members (excludes halogenated alkanes) is 24. The minimum atomic E-state index is -0.523. The van der Waals surface area contributed by atoms with Gasteiger partial charge in [-0.15, -0.1) is 0 Å². The third-order valence-corrected chi connectivity index (χ3v) is 12.6. The molecule has 1 rings (SSSR count). The van der Waals surface area contributed by atoms with Crippen molar-refractivity contribution in [3.05, 3.63) is 11.3 Å². The minimum Gasteiger partial charge on any atom is -0.462 e. The van der Waals surface area contributed by atoms with Crippen molar-refractivity contribution in [1.82, 2.24) is 10.2 Å². The summed E-state index contributed by atoms with van der Waals surface area (Å²) in [5.74, 6) is -0.513. The second-order valence-corrected chi connectivity index (χ2v) is 18.3. The third kappa shape index (κ3) is 34.3. The summed E-state index contributed by atoms with van der Waals surface area (Å²) in [5.41, 5.74) is 0.728. The fraction of sp³-hybridized carbons (Fsp3) is 0.906. The summed E-state index contributed by atoms with van der Waals surface area (Å²) < 4.78 is 22.9. The molecule has 0 aliphatic carbocycles. The van der Waals surface area contributed by atoms with Crippen LogP contribution >= 0.6 is 0 Å². The number of esters is 2. The molecule has 1 unspecified atom stereocenters. The van der Waals surface area contributed by atoms with Crippen LogP contribution in [0.3, 0.4) is 0 Å². The van der Waals surface area contributed by atoms with E-state index >= 15 is 0 Å². The fourth-order valence-electron chi connectivity index (χ4n) is 8.49. The molecule has 0 spiro atoms. The smallest absolute Gasteiger partial charge is 0.351 e.